The lowest BCUT2D eigenvalue weighted by atomic mass is 9.85. The average molecular weight is 1350 g/mol. The van der Waals surface area contributed by atoms with E-state index in [0.717, 1.165) is 74.2 Å². The Morgan fingerprint density at radius 3 is 1.54 bits per heavy atom. The maximum Gasteiger partial charge on any atom is 0.224 e. The number of hydrogen-bond acceptors (Lipinski definition) is 11. The molecule has 5 N–H and O–H groups in total. The lowest BCUT2D eigenvalue weighted by molar-refractivity contribution is -0.136. The number of nitrogens with one attached hydrogen (secondary N) is 5. The number of nitrogens with zero attached hydrogens (tertiary/aromatic N) is 5. The van der Waals surface area contributed by atoms with E-state index >= 15 is 39.5 Å². The Hall–Kier alpha value is -6.89. The summed E-state index contributed by atoms with van der Waals surface area (Å²) in [7, 11) is 0. The quantitative estimate of drug-likeness (QED) is 0.0277. The summed E-state index contributed by atoms with van der Waals surface area (Å²) in [6.45, 7) is 7.48. The van der Waals surface area contributed by atoms with Gasteiger partial charge in [0.1, 0.15) is 69.3 Å². The van der Waals surface area contributed by atoms with Crippen LogP contribution in [0, 0.1) is 58.4 Å². The number of morpholine rings is 1. The zero-order valence-electron chi connectivity index (χ0n) is 55.4. The SMILES string of the molecule is CC1CCCCN1C(CCNC(CCNC(CCNC(CCNc1cc[c]cc1F)(c1cc(F)ccc1F)N1CCCC1=O)(c1cccc(F)c1)N1CCCC1=O)(c1cc(F)ccc1F)N1CCCCC1C)(NCCC(c1cc(F)ccc1F)N1CCOCC1)c1cccc(F)c1. The Labute approximate surface area is 563 Å². The van der Waals surface area contributed by atoms with Gasteiger partial charge in [-0.15, -0.1) is 0 Å². The van der Waals surface area contributed by atoms with Crippen LogP contribution in [0.2, 0.25) is 0 Å². The molecule has 13 nitrogen and oxygen atoms in total. The summed E-state index contributed by atoms with van der Waals surface area (Å²) in [5.41, 5.74) is -5.00. The van der Waals surface area contributed by atoms with Crippen molar-refractivity contribution in [2.45, 2.75) is 151 Å². The predicted octanol–water partition coefficient (Wildman–Crippen LogP) is 12.9. The number of amides is 2. The van der Waals surface area contributed by atoms with Crippen LogP contribution < -0.4 is 26.6 Å². The molecule has 5 aliphatic heterocycles. The zero-order valence-corrected chi connectivity index (χ0v) is 55.4. The Balaban J connectivity index is 0.985. The molecular weight excluding hydrogens is 1260 g/mol. The third-order valence-corrected chi connectivity index (χ3v) is 21.0. The van der Waals surface area contributed by atoms with Crippen molar-refractivity contribution in [1.82, 2.24) is 45.8 Å². The predicted molar refractivity (Wildman–Crippen MR) is 354 cm³/mol. The molecule has 0 bridgehead atoms. The van der Waals surface area contributed by atoms with Gasteiger partial charge in [-0.3, -0.25) is 45.6 Å². The summed E-state index contributed by atoms with van der Waals surface area (Å²) < 4.78 is 150. The molecule has 7 atom stereocenters. The highest BCUT2D eigenvalue weighted by atomic mass is 19.2. The van der Waals surface area contributed by atoms with E-state index in [0.29, 0.717) is 82.6 Å². The highest BCUT2D eigenvalue weighted by molar-refractivity contribution is 5.80. The third-order valence-electron chi connectivity index (χ3n) is 21.0. The van der Waals surface area contributed by atoms with Gasteiger partial charge in [-0.2, -0.15) is 0 Å². The fraction of sp³-hybridized carbons (Fsp3) is 0.493. The number of likely N-dealkylation sites (tertiary alicyclic amines) is 4. The molecule has 11 rings (SSSR count). The summed E-state index contributed by atoms with van der Waals surface area (Å²) in [6.07, 6.45) is 6.27. The Morgan fingerprint density at radius 1 is 0.485 bits per heavy atom. The molecule has 0 aliphatic carbocycles. The molecule has 5 heterocycles. The number of ether oxygens (including phenoxy) is 1. The van der Waals surface area contributed by atoms with Crippen LogP contribution in [0.25, 0.3) is 0 Å². The Morgan fingerprint density at radius 2 is 0.969 bits per heavy atom. The van der Waals surface area contributed by atoms with Gasteiger partial charge < -0.3 is 19.9 Å². The lowest BCUT2D eigenvalue weighted by Gasteiger charge is -2.53. The maximum absolute atomic E-state index is 17.6. The van der Waals surface area contributed by atoms with Gasteiger partial charge in [0.05, 0.1) is 24.6 Å². The third kappa shape index (κ3) is 15.8. The first-order valence-corrected chi connectivity index (χ1v) is 34.6. The number of anilines is 1. The van der Waals surface area contributed by atoms with Crippen molar-refractivity contribution in [3.63, 3.8) is 0 Å². The van der Waals surface area contributed by atoms with E-state index in [2.05, 4.69) is 61.2 Å². The van der Waals surface area contributed by atoms with Crippen molar-refractivity contribution >= 4 is 17.5 Å². The molecule has 22 heteroatoms. The molecule has 5 saturated heterocycles. The van der Waals surface area contributed by atoms with Crippen LogP contribution in [-0.4, -0.2) is 134 Å². The van der Waals surface area contributed by atoms with E-state index < -0.39 is 81.0 Å². The average Bonchev–Trinajstić information content (AvgIpc) is 1.66. The van der Waals surface area contributed by atoms with Crippen molar-refractivity contribution in [1.29, 1.82) is 0 Å². The fourth-order valence-corrected chi connectivity index (χ4v) is 16.3. The summed E-state index contributed by atoms with van der Waals surface area (Å²) in [6, 6.07) is 28.2. The van der Waals surface area contributed by atoms with Crippen molar-refractivity contribution in [3.05, 3.63) is 208 Å². The first-order valence-electron chi connectivity index (χ1n) is 34.6. The Kier molecular flexibility index (Phi) is 23.5. The second-order valence-corrected chi connectivity index (χ2v) is 26.7. The van der Waals surface area contributed by atoms with Crippen molar-refractivity contribution in [3.8, 4) is 0 Å². The topological polar surface area (TPSA) is 120 Å². The number of benzene rings is 6. The summed E-state index contributed by atoms with van der Waals surface area (Å²) in [5, 5.41) is 18.2. The summed E-state index contributed by atoms with van der Waals surface area (Å²) in [4.78, 5) is 38.6. The largest absolute Gasteiger partial charge is 0.383 e. The highest BCUT2D eigenvalue weighted by Crippen LogP contribution is 2.43. The number of hydrogen-bond donors (Lipinski definition) is 5. The van der Waals surface area contributed by atoms with E-state index in [1.54, 1.807) is 17.0 Å². The molecule has 521 valence electrons. The number of piperidine rings is 2. The number of halogens is 9. The zero-order chi connectivity index (χ0) is 68.3. The number of rotatable bonds is 30. The number of carbonyl (C=O) groups is 2. The van der Waals surface area contributed by atoms with E-state index in [1.165, 1.54) is 59.5 Å². The second-order valence-electron chi connectivity index (χ2n) is 26.7. The first-order chi connectivity index (χ1) is 46.9. The molecule has 0 saturated carbocycles. The summed E-state index contributed by atoms with van der Waals surface area (Å²) in [5.74, 6) is -6.39. The monoisotopic (exact) mass is 1350 g/mol. The van der Waals surface area contributed by atoms with Gasteiger partial charge in [0.2, 0.25) is 11.8 Å². The molecule has 0 spiro atoms. The van der Waals surface area contributed by atoms with Crippen molar-refractivity contribution < 1.29 is 53.8 Å². The minimum absolute atomic E-state index is 0.00856. The van der Waals surface area contributed by atoms with Crippen LogP contribution in [0.3, 0.4) is 0 Å². The van der Waals surface area contributed by atoms with Crippen LogP contribution >= 0.6 is 0 Å². The van der Waals surface area contributed by atoms with Crippen LogP contribution in [0.1, 0.15) is 144 Å². The van der Waals surface area contributed by atoms with Crippen molar-refractivity contribution in [2.75, 3.05) is 90.5 Å². The van der Waals surface area contributed by atoms with Gasteiger partial charge in [0, 0.05) is 126 Å². The summed E-state index contributed by atoms with van der Waals surface area (Å²) >= 11 is 0. The first kappa shape index (κ1) is 71.4. The van der Waals surface area contributed by atoms with Gasteiger partial charge in [0.25, 0.3) is 0 Å². The van der Waals surface area contributed by atoms with Gasteiger partial charge >= 0.3 is 0 Å². The molecule has 6 aromatic rings. The molecule has 7 unspecified atom stereocenters. The molecule has 97 heavy (non-hydrogen) atoms. The lowest BCUT2D eigenvalue weighted by Crippen LogP contribution is -2.65. The number of carbonyl (C=O) groups excluding carboxylic acids is 2. The van der Waals surface area contributed by atoms with E-state index in [1.807, 2.05) is 6.07 Å². The normalized spacial score (nSPS) is 21.3. The van der Waals surface area contributed by atoms with Crippen LogP contribution in [0.5, 0.6) is 0 Å². The van der Waals surface area contributed by atoms with E-state index in [-0.39, 0.29) is 131 Å². The van der Waals surface area contributed by atoms with Crippen LogP contribution in [-0.2, 0) is 37.0 Å². The second kappa shape index (κ2) is 32.0. The minimum Gasteiger partial charge on any atom is -0.383 e. The highest BCUT2D eigenvalue weighted by Gasteiger charge is 2.51. The standard InChI is InChI=1S/C75H90F9N10O3/c1-52-13-5-7-39-91(52)72(54-15-9-17-56(76)47-54,86-34-29-69(90-43-45-97-46-44-90)61-49-58(78)23-26-64(61)81)31-36-88-74(92-40-8-6-14-53(92)2,62-50-59(79)24-27-65(62)82)33-38-87-73(93-41-11-21-70(93)95,55-16-10-18-57(77)48-55)32-37-89-75(94-42-12-22-71(94)96,63-51-60(80)25-28-66(63)83)30-35-85-68-20-4-3-19-67(68)84/h4,9-10,15-20,23-28,47-53,69,85-89H,5-8,11-14,21-22,29-46H2,1-2H3. The maximum atomic E-state index is 17.6. The van der Waals surface area contributed by atoms with Gasteiger partial charge in [0.15, 0.2) is 0 Å². The van der Waals surface area contributed by atoms with Gasteiger partial charge in [-0.05, 0) is 186 Å². The molecule has 5 aliphatic rings. The molecule has 1 radical (unpaired) electrons. The van der Waals surface area contributed by atoms with E-state index in [4.69, 9.17) is 4.74 Å². The fourth-order valence-electron chi connectivity index (χ4n) is 16.3. The molecule has 5 fully saturated rings. The molecule has 0 aromatic heterocycles. The smallest absolute Gasteiger partial charge is 0.224 e. The Bertz CT molecular complexity index is 3660. The molecular formula is C75H90F9N10O3. The van der Waals surface area contributed by atoms with Gasteiger partial charge in [-0.25, -0.2) is 39.5 Å². The van der Waals surface area contributed by atoms with Crippen LogP contribution in [0.4, 0.5) is 45.2 Å². The van der Waals surface area contributed by atoms with Crippen LogP contribution in [0.15, 0.2) is 121 Å². The minimum atomic E-state index is -1.78. The van der Waals surface area contributed by atoms with Gasteiger partial charge in [-0.1, -0.05) is 43.2 Å². The van der Waals surface area contributed by atoms with Crippen molar-refractivity contribution in [2.24, 2.45) is 0 Å². The molecule has 2 amide bonds. The van der Waals surface area contributed by atoms with E-state index in [9.17, 15) is 9.59 Å². The molecule has 6 aromatic carbocycles.